The van der Waals surface area contributed by atoms with Gasteiger partial charge in [-0.25, -0.2) is 15.0 Å². The van der Waals surface area contributed by atoms with Crippen LogP contribution in [0.25, 0.3) is 10.3 Å². The lowest BCUT2D eigenvalue weighted by atomic mass is 10.3. The highest BCUT2D eigenvalue weighted by atomic mass is 35.5. The lowest BCUT2D eigenvalue weighted by Gasteiger charge is -1.99. The average molecular weight is 296 g/mol. The van der Waals surface area contributed by atoms with Crippen LogP contribution in [0.3, 0.4) is 0 Å². The molecule has 1 N–H and O–H groups in total. The summed E-state index contributed by atoms with van der Waals surface area (Å²) in [5.41, 5.74) is 2.21. The Kier molecular flexibility index (Phi) is 2.87. The lowest BCUT2D eigenvalue weighted by molar-refractivity contribution is 0.393. The molecule has 3 heterocycles. The van der Waals surface area contributed by atoms with Crippen LogP contribution in [0.1, 0.15) is 17.3 Å². The zero-order valence-corrected chi connectivity index (χ0v) is 12.1. The minimum absolute atomic E-state index is 0.366. The first kappa shape index (κ1) is 12.3. The van der Waals surface area contributed by atoms with Crippen molar-refractivity contribution in [3.63, 3.8) is 0 Å². The van der Waals surface area contributed by atoms with Gasteiger partial charge in [0.15, 0.2) is 20.9 Å². The van der Waals surface area contributed by atoms with E-state index in [2.05, 4.69) is 25.4 Å². The number of fused-ring (bicyclic) bond motifs is 1. The highest BCUT2D eigenvalue weighted by Crippen LogP contribution is 2.32. The molecule has 0 aromatic carbocycles. The number of aryl methyl sites for hydroxylation is 3. The highest BCUT2D eigenvalue weighted by molar-refractivity contribution is 7.21. The van der Waals surface area contributed by atoms with Crippen molar-refractivity contribution >= 4 is 44.1 Å². The van der Waals surface area contributed by atoms with Gasteiger partial charge in [0.2, 0.25) is 0 Å². The molecule has 0 aliphatic rings. The van der Waals surface area contributed by atoms with Gasteiger partial charge >= 0.3 is 0 Å². The van der Waals surface area contributed by atoms with Crippen LogP contribution >= 0.6 is 22.9 Å². The Morgan fingerprint density at radius 2 is 1.95 bits per heavy atom. The van der Waals surface area contributed by atoms with E-state index >= 15 is 0 Å². The number of halogens is 1. The van der Waals surface area contributed by atoms with Crippen LogP contribution < -0.4 is 5.32 Å². The molecule has 3 rings (SSSR count). The minimum atomic E-state index is 0.366. The van der Waals surface area contributed by atoms with E-state index in [0.717, 1.165) is 16.2 Å². The molecule has 0 spiro atoms. The van der Waals surface area contributed by atoms with Crippen molar-refractivity contribution in [3.05, 3.63) is 22.4 Å². The molecule has 0 unspecified atom stereocenters. The van der Waals surface area contributed by atoms with Crippen LogP contribution in [-0.2, 0) is 0 Å². The molecule has 98 valence electrons. The van der Waals surface area contributed by atoms with Crippen molar-refractivity contribution in [1.82, 2.24) is 20.1 Å². The number of nitrogens with one attached hydrogen (secondary N) is 1. The Labute approximate surface area is 117 Å². The minimum Gasteiger partial charge on any atom is -0.359 e. The molecule has 0 bridgehead atoms. The quantitative estimate of drug-likeness (QED) is 0.730. The van der Waals surface area contributed by atoms with E-state index in [-0.39, 0.29) is 0 Å². The smallest absolute Gasteiger partial charge is 0.190 e. The van der Waals surface area contributed by atoms with Crippen molar-refractivity contribution in [1.29, 1.82) is 0 Å². The molecular formula is C11H10ClN5OS. The predicted molar refractivity (Wildman–Crippen MR) is 74.2 cm³/mol. The predicted octanol–water partition coefficient (Wildman–Crippen LogP) is 3.40. The summed E-state index contributed by atoms with van der Waals surface area (Å²) in [5.74, 6) is 1.34. The first-order valence-electron chi connectivity index (χ1n) is 5.55. The highest BCUT2D eigenvalue weighted by Gasteiger charge is 2.14. The summed E-state index contributed by atoms with van der Waals surface area (Å²) in [5, 5.41) is 8.12. The van der Waals surface area contributed by atoms with E-state index in [1.807, 2.05) is 13.8 Å². The molecule has 0 saturated heterocycles. The van der Waals surface area contributed by atoms with Crippen LogP contribution in [-0.4, -0.2) is 20.1 Å². The molecule has 0 aliphatic carbocycles. The third kappa shape index (κ3) is 2.15. The van der Waals surface area contributed by atoms with E-state index in [9.17, 15) is 0 Å². The summed E-state index contributed by atoms with van der Waals surface area (Å²) in [6.07, 6.45) is 0. The number of anilines is 2. The average Bonchev–Trinajstić information content (AvgIpc) is 2.87. The standard InChI is InChI=1S/C11H10ClN5OS/c1-4-7(5(2)18-17-4)15-11-16-8-9(12)13-6(3)14-10(8)19-11/h1-3H3,(H,15,16). The van der Waals surface area contributed by atoms with Crippen molar-refractivity contribution in [2.45, 2.75) is 20.8 Å². The number of hydrogen-bond donors (Lipinski definition) is 1. The second-order valence-electron chi connectivity index (χ2n) is 4.06. The maximum absolute atomic E-state index is 6.05. The molecule has 0 atom stereocenters. The van der Waals surface area contributed by atoms with Gasteiger partial charge < -0.3 is 9.84 Å². The summed E-state index contributed by atoms with van der Waals surface area (Å²) in [4.78, 5) is 13.5. The Bertz CT molecular complexity index is 746. The molecule has 6 nitrogen and oxygen atoms in total. The lowest BCUT2D eigenvalue weighted by Crippen LogP contribution is -1.91. The first-order chi connectivity index (χ1) is 9.04. The van der Waals surface area contributed by atoms with E-state index in [1.165, 1.54) is 11.3 Å². The summed E-state index contributed by atoms with van der Waals surface area (Å²) in [6, 6.07) is 0. The third-order valence-corrected chi connectivity index (χ3v) is 3.72. The van der Waals surface area contributed by atoms with Gasteiger partial charge in [-0.2, -0.15) is 0 Å². The molecule has 0 saturated carbocycles. The van der Waals surface area contributed by atoms with Gasteiger partial charge in [0.05, 0.1) is 0 Å². The van der Waals surface area contributed by atoms with Gasteiger partial charge in [0.25, 0.3) is 0 Å². The summed E-state index contributed by atoms with van der Waals surface area (Å²) in [7, 11) is 0. The first-order valence-corrected chi connectivity index (χ1v) is 6.74. The van der Waals surface area contributed by atoms with E-state index in [0.29, 0.717) is 27.4 Å². The van der Waals surface area contributed by atoms with Gasteiger partial charge in [-0.3, -0.25) is 0 Å². The Balaban J connectivity index is 2.05. The fourth-order valence-electron chi connectivity index (χ4n) is 1.71. The van der Waals surface area contributed by atoms with Gasteiger partial charge in [-0.15, -0.1) is 0 Å². The Morgan fingerprint density at radius 3 is 2.63 bits per heavy atom. The molecule has 0 fully saturated rings. The van der Waals surface area contributed by atoms with Crippen molar-refractivity contribution < 1.29 is 4.52 Å². The van der Waals surface area contributed by atoms with Crippen LogP contribution in [0.2, 0.25) is 5.15 Å². The van der Waals surface area contributed by atoms with Crippen molar-refractivity contribution in [2.24, 2.45) is 0 Å². The Hall–Kier alpha value is -1.73. The zero-order valence-electron chi connectivity index (χ0n) is 10.5. The summed E-state index contributed by atoms with van der Waals surface area (Å²) < 4.78 is 5.09. The number of nitrogens with zero attached hydrogens (tertiary/aromatic N) is 4. The van der Waals surface area contributed by atoms with Gasteiger partial charge in [-0.1, -0.05) is 28.1 Å². The number of hydrogen-bond acceptors (Lipinski definition) is 7. The van der Waals surface area contributed by atoms with Gasteiger partial charge in [0, 0.05) is 0 Å². The molecule has 8 heteroatoms. The summed E-state index contributed by atoms with van der Waals surface area (Å²) >= 11 is 7.47. The fraction of sp³-hybridized carbons (Fsp3) is 0.273. The number of aromatic nitrogens is 4. The van der Waals surface area contributed by atoms with Crippen molar-refractivity contribution in [2.75, 3.05) is 5.32 Å². The van der Waals surface area contributed by atoms with E-state index < -0.39 is 0 Å². The second kappa shape index (κ2) is 4.43. The normalized spacial score (nSPS) is 11.2. The molecule has 3 aromatic heterocycles. The van der Waals surface area contributed by atoms with E-state index in [4.69, 9.17) is 16.1 Å². The molecular weight excluding hydrogens is 286 g/mol. The third-order valence-electron chi connectivity index (χ3n) is 2.59. The Morgan fingerprint density at radius 1 is 1.16 bits per heavy atom. The maximum atomic E-state index is 6.05. The van der Waals surface area contributed by atoms with Crippen LogP contribution in [0, 0.1) is 20.8 Å². The summed E-state index contributed by atoms with van der Waals surface area (Å²) in [6.45, 7) is 5.50. The second-order valence-corrected chi connectivity index (χ2v) is 5.39. The molecule has 3 aromatic rings. The molecule has 0 amide bonds. The van der Waals surface area contributed by atoms with E-state index in [1.54, 1.807) is 6.92 Å². The molecule has 19 heavy (non-hydrogen) atoms. The van der Waals surface area contributed by atoms with Crippen molar-refractivity contribution in [3.8, 4) is 0 Å². The topological polar surface area (TPSA) is 76.7 Å². The largest absolute Gasteiger partial charge is 0.359 e. The fourth-order valence-corrected chi connectivity index (χ4v) is 2.91. The maximum Gasteiger partial charge on any atom is 0.190 e. The molecule has 0 radical (unpaired) electrons. The monoisotopic (exact) mass is 295 g/mol. The van der Waals surface area contributed by atoms with Gasteiger partial charge in [0.1, 0.15) is 22.7 Å². The van der Waals surface area contributed by atoms with Gasteiger partial charge in [-0.05, 0) is 20.8 Å². The SMILES string of the molecule is Cc1nc(Cl)c2nc(Nc3c(C)noc3C)sc2n1. The zero-order chi connectivity index (χ0) is 13.6. The van der Waals surface area contributed by atoms with Crippen LogP contribution in [0.5, 0.6) is 0 Å². The van der Waals surface area contributed by atoms with Crippen LogP contribution in [0.4, 0.5) is 10.8 Å². The number of thiazole rings is 1. The number of rotatable bonds is 2. The van der Waals surface area contributed by atoms with Crippen LogP contribution in [0.15, 0.2) is 4.52 Å². The molecule has 0 aliphatic heterocycles.